The van der Waals surface area contributed by atoms with E-state index in [4.69, 9.17) is 5.26 Å². The van der Waals surface area contributed by atoms with Gasteiger partial charge in [0.25, 0.3) is 5.91 Å². The molecule has 0 aliphatic carbocycles. The van der Waals surface area contributed by atoms with Gasteiger partial charge in [0.2, 0.25) is 0 Å². The van der Waals surface area contributed by atoms with E-state index in [0.29, 0.717) is 17.7 Å². The molecule has 17 heavy (non-hydrogen) atoms. The molecule has 1 N–H and O–H groups in total. The lowest BCUT2D eigenvalue weighted by Crippen LogP contribution is -2.32. The molecule has 0 radical (unpaired) electrons. The van der Waals surface area contributed by atoms with Crippen molar-refractivity contribution in [2.45, 2.75) is 12.2 Å². The Kier molecular flexibility index (Phi) is 4.85. The van der Waals surface area contributed by atoms with Crippen molar-refractivity contribution in [3.8, 4) is 6.07 Å². The van der Waals surface area contributed by atoms with Crippen LogP contribution in [0.25, 0.3) is 0 Å². The molecular formula is C12H14N2O2S. The predicted molar refractivity (Wildman–Crippen MR) is 67.0 cm³/mol. The van der Waals surface area contributed by atoms with Gasteiger partial charge in [0.15, 0.2) is 0 Å². The highest BCUT2D eigenvalue weighted by Crippen LogP contribution is 2.04. The molecule has 5 heteroatoms. The molecule has 1 aromatic rings. The zero-order valence-electron chi connectivity index (χ0n) is 9.77. The van der Waals surface area contributed by atoms with Gasteiger partial charge in [-0.1, -0.05) is 6.07 Å². The number of amides is 1. The van der Waals surface area contributed by atoms with Crippen molar-refractivity contribution in [3.05, 3.63) is 35.4 Å². The van der Waals surface area contributed by atoms with E-state index >= 15 is 0 Å². The molecule has 0 saturated carbocycles. The van der Waals surface area contributed by atoms with Crippen molar-refractivity contribution in [3.63, 3.8) is 0 Å². The second kappa shape index (κ2) is 6.16. The first-order valence-corrected chi connectivity index (χ1v) is 6.77. The Morgan fingerprint density at radius 2 is 2.29 bits per heavy atom. The van der Waals surface area contributed by atoms with Gasteiger partial charge in [-0.25, -0.2) is 0 Å². The third-order valence-corrected chi connectivity index (χ3v) is 3.67. The molecule has 0 heterocycles. The van der Waals surface area contributed by atoms with E-state index in [1.165, 1.54) is 6.07 Å². The number of rotatable bonds is 4. The van der Waals surface area contributed by atoms with Gasteiger partial charge >= 0.3 is 0 Å². The van der Waals surface area contributed by atoms with Crippen LogP contribution in [-0.2, 0) is 10.8 Å². The van der Waals surface area contributed by atoms with Crippen molar-refractivity contribution >= 4 is 16.7 Å². The third-order valence-electron chi connectivity index (χ3n) is 2.37. The van der Waals surface area contributed by atoms with Crippen LogP contribution in [0.4, 0.5) is 0 Å². The van der Waals surface area contributed by atoms with Gasteiger partial charge in [-0.05, 0) is 25.1 Å². The number of nitriles is 1. The average molecular weight is 250 g/mol. The van der Waals surface area contributed by atoms with Crippen LogP contribution >= 0.6 is 0 Å². The average Bonchev–Trinajstić information content (AvgIpc) is 2.35. The van der Waals surface area contributed by atoms with E-state index in [9.17, 15) is 9.00 Å². The van der Waals surface area contributed by atoms with Crippen LogP contribution in [0.15, 0.2) is 24.3 Å². The van der Waals surface area contributed by atoms with Crippen LogP contribution in [0.2, 0.25) is 0 Å². The highest BCUT2D eigenvalue weighted by molar-refractivity contribution is 7.84. The molecule has 1 rings (SSSR count). The van der Waals surface area contributed by atoms with Crippen molar-refractivity contribution < 1.29 is 9.00 Å². The molecule has 0 aliphatic heterocycles. The van der Waals surface area contributed by atoms with Gasteiger partial charge in [0, 0.05) is 34.4 Å². The topological polar surface area (TPSA) is 70.0 Å². The van der Waals surface area contributed by atoms with Crippen molar-refractivity contribution in [2.75, 3.05) is 12.8 Å². The number of carbonyl (C=O) groups excluding carboxylic acids is 1. The molecule has 0 fully saturated rings. The summed E-state index contributed by atoms with van der Waals surface area (Å²) in [7, 11) is -0.956. The van der Waals surface area contributed by atoms with Crippen molar-refractivity contribution in [2.24, 2.45) is 0 Å². The lowest BCUT2D eigenvalue weighted by atomic mass is 10.1. The monoisotopic (exact) mass is 250 g/mol. The fraction of sp³-hybridized carbons (Fsp3) is 0.333. The molecule has 4 nitrogen and oxygen atoms in total. The number of nitrogens with one attached hydrogen (secondary N) is 1. The highest BCUT2D eigenvalue weighted by Gasteiger charge is 2.10. The Balaban J connectivity index is 2.64. The molecule has 2 atom stereocenters. The van der Waals surface area contributed by atoms with Gasteiger partial charge in [0.1, 0.15) is 0 Å². The molecular weight excluding hydrogens is 236 g/mol. The second-order valence-electron chi connectivity index (χ2n) is 3.71. The third kappa shape index (κ3) is 4.00. The SMILES string of the molecule is CC(CNC(=O)c1cccc(C#N)c1)S(C)=O. The number of carbonyl (C=O) groups is 1. The lowest BCUT2D eigenvalue weighted by molar-refractivity contribution is 0.0954. The Morgan fingerprint density at radius 1 is 1.59 bits per heavy atom. The largest absolute Gasteiger partial charge is 0.351 e. The molecule has 1 aromatic carbocycles. The molecule has 0 saturated heterocycles. The Morgan fingerprint density at radius 3 is 2.88 bits per heavy atom. The fourth-order valence-corrected chi connectivity index (χ4v) is 1.50. The van der Waals surface area contributed by atoms with Crippen molar-refractivity contribution in [1.29, 1.82) is 5.26 Å². The summed E-state index contributed by atoms with van der Waals surface area (Å²) in [6, 6.07) is 8.45. The minimum absolute atomic E-state index is 0.0851. The molecule has 2 unspecified atom stereocenters. The van der Waals surface area contributed by atoms with E-state index in [-0.39, 0.29) is 11.2 Å². The zero-order chi connectivity index (χ0) is 12.8. The summed E-state index contributed by atoms with van der Waals surface area (Å²) in [5.41, 5.74) is 0.892. The molecule has 90 valence electrons. The summed E-state index contributed by atoms with van der Waals surface area (Å²) in [6.07, 6.45) is 1.60. The molecule has 1 amide bonds. The van der Waals surface area contributed by atoms with Crippen LogP contribution in [0.3, 0.4) is 0 Å². The highest BCUT2D eigenvalue weighted by atomic mass is 32.2. The minimum Gasteiger partial charge on any atom is -0.351 e. The Bertz CT molecular complexity index is 480. The van der Waals surface area contributed by atoms with Crippen LogP contribution in [0, 0.1) is 11.3 Å². The maximum atomic E-state index is 11.7. The molecule has 0 bridgehead atoms. The van der Waals surface area contributed by atoms with Gasteiger partial charge in [-0.15, -0.1) is 0 Å². The maximum absolute atomic E-state index is 11.7. The van der Waals surface area contributed by atoms with Crippen LogP contribution < -0.4 is 5.32 Å². The van der Waals surface area contributed by atoms with E-state index in [0.717, 1.165) is 0 Å². The fourth-order valence-electron chi connectivity index (χ4n) is 1.19. The lowest BCUT2D eigenvalue weighted by Gasteiger charge is -2.09. The number of hydrogen-bond donors (Lipinski definition) is 1. The Labute approximate surface area is 103 Å². The van der Waals surface area contributed by atoms with Crippen LogP contribution in [-0.4, -0.2) is 28.2 Å². The Hall–Kier alpha value is -1.67. The number of hydrogen-bond acceptors (Lipinski definition) is 3. The summed E-state index contributed by atoms with van der Waals surface area (Å²) < 4.78 is 11.1. The van der Waals surface area contributed by atoms with Crippen LogP contribution in [0.1, 0.15) is 22.8 Å². The smallest absolute Gasteiger partial charge is 0.251 e. The summed E-state index contributed by atoms with van der Waals surface area (Å²) in [4.78, 5) is 11.7. The van der Waals surface area contributed by atoms with Gasteiger partial charge in [-0.3, -0.25) is 9.00 Å². The first kappa shape index (κ1) is 13.4. The van der Waals surface area contributed by atoms with Gasteiger partial charge in [-0.2, -0.15) is 5.26 Å². The quantitative estimate of drug-likeness (QED) is 0.868. The zero-order valence-corrected chi connectivity index (χ0v) is 10.6. The normalized spacial score (nSPS) is 13.5. The standard InChI is InChI=1S/C12H14N2O2S/c1-9(17(2)16)8-14-12(15)11-5-3-4-10(6-11)7-13/h3-6,9H,8H2,1-2H3,(H,14,15). The summed E-state index contributed by atoms with van der Waals surface area (Å²) in [6.45, 7) is 2.17. The van der Waals surface area contributed by atoms with Gasteiger partial charge in [0.05, 0.1) is 11.6 Å². The molecule has 0 aliphatic rings. The minimum atomic E-state index is -0.956. The summed E-state index contributed by atoms with van der Waals surface area (Å²) >= 11 is 0. The van der Waals surface area contributed by atoms with Crippen molar-refractivity contribution in [1.82, 2.24) is 5.32 Å². The van der Waals surface area contributed by atoms with E-state index < -0.39 is 10.8 Å². The number of nitrogens with zero attached hydrogens (tertiary/aromatic N) is 1. The summed E-state index contributed by atoms with van der Waals surface area (Å²) in [5.74, 6) is -0.251. The number of benzene rings is 1. The summed E-state index contributed by atoms with van der Waals surface area (Å²) in [5, 5.41) is 11.3. The van der Waals surface area contributed by atoms with E-state index in [2.05, 4.69) is 5.32 Å². The molecule has 0 aromatic heterocycles. The first-order valence-electron chi connectivity index (χ1n) is 5.15. The second-order valence-corrected chi connectivity index (χ2v) is 5.51. The van der Waals surface area contributed by atoms with Crippen LogP contribution in [0.5, 0.6) is 0 Å². The molecule has 0 spiro atoms. The van der Waals surface area contributed by atoms with E-state index in [1.807, 2.05) is 13.0 Å². The predicted octanol–water partition coefficient (Wildman–Crippen LogP) is 1.06. The van der Waals surface area contributed by atoms with Gasteiger partial charge < -0.3 is 5.32 Å². The first-order chi connectivity index (χ1) is 8.04. The van der Waals surface area contributed by atoms with E-state index in [1.54, 1.807) is 24.5 Å². The maximum Gasteiger partial charge on any atom is 0.251 e.